The van der Waals surface area contributed by atoms with Gasteiger partial charge in [0, 0.05) is 6.42 Å². The van der Waals surface area contributed by atoms with Crippen molar-refractivity contribution in [1.82, 2.24) is 0 Å². The van der Waals surface area contributed by atoms with Crippen LogP contribution in [-0.4, -0.2) is 111 Å². The Morgan fingerprint density at radius 2 is 0.583 bits per heavy atom. The number of hydrogen-bond donors (Lipinski definition) is 2. The second-order valence-corrected chi connectivity index (χ2v) is 25.4. The van der Waals surface area contributed by atoms with Gasteiger partial charge in [0.25, 0.3) is 0 Å². The van der Waals surface area contributed by atoms with Gasteiger partial charge in [0.1, 0.15) is 39.6 Å². The Morgan fingerprint density at radius 1 is 0.361 bits per heavy atom. The fraction of sp³-hybridized carbons (Fsp3) is 0.855. The van der Waals surface area contributed by atoms with Gasteiger partial charge in [-0.15, -0.1) is 0 Å². The molecule has 0 fully saturated rings. The van der Waals surface area contributed by atoms with Crippen LogP contribution in [0.5, 0.6) is 0 Å². The van der Waals surface area contributed by atoms with E-state index in [1.165, 1.54) is 13.8 Å². The summed E-state index contributed by atoms with van der Waals surface area (Å²) in [6.45, 7) is 34.6. The smallest absolute Gasteiger partial charge is 0.311 e. The molecule has 72 heavy (non-hydrogen) atoms. The topological polar surface area (TPSA) is 242 Å². The number of esters is 6. The van der Waals surface area contributed by atoms with Gasteiger partial charge in [0.05, 0.1) is 62.5 Å². The normalized spacial score (nSPS) is 13.8. The van der Waals surface area contributed by atoms with Crippen molar-refractivity contribution in [3.63, 3.8) is 0 Å². The summed E-state index contributed by atoms with van der Waals surface area (Å²) in [7, 11) is 0. The molecule has 0 aromatic heterocycles. The first kappa shape index (κ1) is 67.7. The van der Waals surface area contributed by atoms with Crippen LogP contribution >= 0.6 is 0 Å². The van der Waals surface area contributed by atoms with Crippen molar-refractivity contribution in [2.24, 2.45) is 78.8 Å². The molecule has 17 nitrogen and oxygen atoms in total. The fourth-order valence-corrected chi connectivity index (χ4v) is 5.91. The molecule has 0 radical (unpaired) electrons. The summed E-state index contributed by atoms with van der Waals surface area (Å²) < 4.78 is 42.7. The highest BCUT2D eigenvalue weighted by Gasteiger charge is 2.47. The van der Waals surface area contributed by atoms with E-state index in [9.17, 15) is 48.6 Å². The first-order chi connectivity index (χ1) is 32.4. The average molecular weight is 1030 g/mol. The van der Waals surface area contributed by atoms with Gasteiger partial charge in [-0.3, -0.25) is 38.4 Å². The lowest BCUT2D eigenvalue weighted by molar-refractivity contribution is -0.187. The van der Waals surface area contributed by atoms with Gasteiger partial charge < -0.3 is 43.4 Å². The lowest BCUT2D eigenvalue weighted by Gasteiger charge is -2.39. The molecule has 0 heterocycles. The number of carbonyl (C=O) groups is 8. The third-order valence-electron chi connectivity index (χ3n) is 16.1. The Balaban J connectivity index is 8.04. The summed E-state index contributed by atoms with van der Waals surface area (Å²) in [6.07, 6.45) is -0.984. The third kappa shape index (κ3) is 19.2. The van der Waals surface area contributed by atoms with Gasteiger partial charge in [-0.2, -0.15) is 0 Å². The van der Waals surface area contributed by atoms with E-state index in [2.05, 4.69) is 0 Å². The maximum absolute atomic E-state index is 14.1. The van der Waals surface area contributed by atoms with Crippen LogP contribution in [0, 0.1) is 78.8 Å². The molecule has 2 N–H and O–H groups in total. The van der Waals surface area contributed by atoms with Crippen molar-refractivity contribution in [2.45, 2.75) is 172 Å². The number of carboxylic acid groups (broad SMARTS) is 2. The average Bonchev–Trinajstić information content (AvgIpc) is 3.26. The second kappa shape index (κ2) is 26.8. The minimum absolute atomic E-state index is 0.162. The number of rotatable bonds is 33. The van der Waals surface area contributed by atoms with Crippen molar-refractivity contribution in [2.75, 3.05) is 52.9 Å². The summed E-state index contributed by atoms with van der Waals surface area (Å²) in [4.78, 5) is 107. The van der Waals surface area contributed by atoms with Crippen molar-refractivity contribution in [1.29, 1.82) is 0 Å². The van der Waals surface area contributed by atoms with Gasteiger partial charge in [0.15, 0.2) is 0 Å². The number of hydrogen-bond acceptors (Lipinski definition) is 15. The molecular weight excluding hydrogens is 933 g/mol. The molecular formula is C55H96O17. The van der Waals surface area contributed by atoms with Gasteiger partial charge in [-0.1, -0.05) is 69.2 Å². The van der Waals surface area contributed by atoms with Crippen LogP contribution in [0.4, 0.5) is 0 Å². The van der Waals surface area contributed by atoms with E-state index in [0.29, 0.717) is 0 Å². The summed E-state index contributed by atoms with van der Waals surface area (Å²) in [5, 5.41) is 19.2. The summed E-state index contributed by atoms with van der Waals surface area (Å²) in [6, 6.07) is 0. The first-order valence-electron chi connectivity index (χ1n) is 25.5. The number of carboxylic acids is 2. The van der Waals surface area contributed by atoms with Crippen LogP contribution in [-0.2, 0) is 71.5 Å². The Labute approximate surface area is 431 Å². The zero-order valence-electron chi connectivity index (χ0n) is 48.3. The molecule has 1 atom stereocenters. The van der Waals surface area contributed by atoms with Crippen LogP contribution < -0.4 is 0 Å². The highest BCUT2D eigenvalue weighted by molar-refractivity contribution is 5.80. The Bertz CT molecular complexity index is 1720. The monoisotopic (exact) mass is 1030 g/mol. The molecule has 0 saturated carbocycles. The Kier molecular flexibility index (Phi) is 25.2. The second-order valence-electron chi connectivity index (χ2n) is 25.4. The van der Waals surface area contributed by atoms with Crippen LogP contribution in [0.15, 0.2) is 0 Å². The molecule has 0 aliphatic heterocycles. The number of carbonyl (C=O) groups excluding carboxylic acids is 6. The molecule has 0 amide bonds. The van der Waals surface area contributed by atoms with E-state index >= 15 is 0 Å². The number of aliphatic carboxylic acids is 2. The highest BCUT2D eigenvalue weighted by Crippen LogP contribution is 2.37. The van der Waals surface area contributed by atoms with Gasteiger partial charge in [0.2, 0.25) is 0 Å². The minimum atomic E-state index is -1.69. The molecule has 1 unspecified atom stereocenters. The predicted molar refractivity (Wildman–Crippen MR) is 271 cm³/mol. The van der Waals surface area contributed by atoms with E-state index in [-0.39, 0.29) is 42.4 Å². The minimum Gasteiger partial charge on any atom is -0.481 e. The standard InChI is InChI=1S/C55H96O17/c1-34(2)49(13,14)43(61)68-29-54(30-69-44(62)50(15,16)35(3)4,28-67-42(60)48(11,12)25-39(41(58)59)23-24-40(56)57)26-66-27-55(31-70-45(63)51(17,18)36(5)6,32-71-46(64)52(19,20)37(7)8)33-72-47(65)53(21,22)38(9)10/h34-39H,23-33H2,1-22H3,(H,56,57)(H,58,59). The predicted octanol–water partition coefficient (Wildman–Crippen LogP) is 9.63. The van der Waals surface area contributed by atoms with E-state index in [0.717, 1.165) is 0 Å². The third-order valence-corrected chi connectivity index (χ3v) is 16.1. The van der Waals surface area contributed by atoms with E-state index in [1.807, 2.05) is 69.2 Å². The quantitative estimate of drug-likeness (QED) is 0.0459. The van der Waals surface area contributed by atoms with Gasteiger partial charge in [-0.05, 0) is 126 Å². The van der Waals surface area contributed by atoms with Crippen LogP contribution in [0.25, 0.3) is 0 Å². The highest BCUT2D eigenvalue weighted by atomic mass is 16.6. The molecule has 17 heteroatoms. The summed E-state index contributed by atoms with van der Waals surface area (Å²) >= 11 is 0. The SMILES string of the molecule is CC(C)C(C)(C)C(=O)OCC(COCC(COC(=O)C(C)(C)C(C)C)(COC(=O)C(C)(C)C(C)C)COC(=O)C(C)(C)C(C)C)(COC(=O)C(C)(C)CC(CCC(=O)O)C(=O)O)COC(=O)C(C)(C)C(C)C. The Hall–Kier alpha value is -4.28. The van der Waals surface area contributed by atoms with Crippen LogP contribution in [0.2, 0.25) is 0 Å². The van der Waals surface area contributed by atoms with Crippen LogP contribution in [0.1, 0.15) is 172 Å². The molecule has 0 spiro atoms. The van der Waals surface area contributed by atoms with Crippen molar-refractivity contribution < 1.29 is 81.7 Å². The molecule has 418 valence electrons. The van der Waals surface area contributed by atoms with Gasteiger partial charge >= 0.3 is 47.8 Å². The molecule has 0 aliphatic rings. The Morgan fingerprint density at radius 3 is 0.778 bits per heavy atom. The van der Waals surface area contributed by atoms with E-state index < -0.39 is 156 Å². The fourth-order valence-electron chi connectivity index (χ4n) is 5.91. The molecule has 0 aromatic rings. The molecule has 0 aliphatic carbocycles. The maximum Gasteiger partial charge on any atom is 0.311 e. The number of ether oxygens (including phenoxy) is 7. The van der Waals surface area contributed by atoms with Crippen molar-refractivity contribution >= 4 is 47.8 Å². The lowest BCUT2D eigenvalue weighted by Crippen LogP contribution is -2.49. The molecule has 0 bridgehead atoms. The first-order valence-corrected chi connectivity index (χ1v) is 25.5. The maximum atomic E-state index is 14.1. The zero-order chi connectivity index (χ0) is 56.8. The van der Waals surface area contributed by atoms with E-state index in [1.54, 1.807) is 69.2 Å². The molecule has 0 saturated heterocycles. The lowest BCUT2D eigenvalue weighted by atomic mass is 9.80. The van der Waals surface area contributed by atoms with Gasteiger partial charge in [-0.25, -0.2) is 0 Å². The summed E-state index contributed by atoms with van der Waals surface area (Å²) in [5.74, 6) is -8.48. The summed E-state index contributed by atoms with van der Waals surface area (Å²) in [5.41, 5.74) is -9.75. The largest absolute Gasteiger partial charge is 0.481 e. The van der Waals surface area contributed by atoms with E-state index in [4.69, 9.17) is 33.2 Å². The van der Waals surface area contributed by atoms with Crippen molar-refractivity contribution in [3.05, 3.63) is 0 Å². The zero-order valence-corrected chi connectivity index (χ0v) is 48.3. The molecule has 0 rings (SSSR count). The van der Waals surface area contributed by atoms with Crippen LogP contribution in [0.3, 0.4) is 0 Å². The van der Waals surface area contributed by atoms with Crippen molar-refractivity contribution in [3.8, 4) is 0 Å². The molecule has 0 aromatic carbocycles.